The summed E-state index contributed by atoms with van der Waals surface area (Å²) in [6, 6.07) is 21.4. The maximum absolute atomic E-state index is 5.59. The lowest BCUT2D eigenvalue weighted by Gasteiger charge is -2.11. The predicted molar refractivity (Wildman–Crippen MR) is 113 cm³/mol. The molecular formula is C23H26N4. The number of unbranched alkanes of at least 4 members (excludes halogenated alkanes) is 1. The Morgan fingerprint density at radius 3 is 2.56 bits per heavy atom. The molecule has 2 heterocycles. The largest absolute Gasteiger partial charge is 0.334 e. The lowest BCUT2D eigenvalue weighted by molar-refractivity contribution is 0.621. The van der Waals surface area contributed by atoms with Crippen molar-refractivity contribution in [2.75, 3.05) is 13.1 Å². The average Bonchev–Trinajstić information content (AvgIpc) is 3.03. The fourth-order valence-corrected chi connectivity index (χ4v) is 3.73. The van der Waals surface area contributed by atoms with E-state index in [0.29, 0.717) is 0 Å². The minimum absolute atomic E-state index is 0.751. The summed E-state index contributed by atoms with van der Waals surface area (Å²) < 4.78 is 2.41. The summed E-state index contributed by atoms with van der Waals surface area (Å²) in [4.78, 5) is 4.71. The van der Waals surface area contributed by atoms with Gasteiger partial charge in [-0.25, -0.2) is 0 Å². The SMILES string of the molecule is NCCCCNCc1nccc2c3ccccc3n(Cc3ccccc3)c12. The number of pyridine rings is 1. The summed E-state index contributed by atoms with van der Waals surface area (Å²) in [6.07, 6.45) is 4.08. The fraction of sp³-hybridized carbons (Fsp3) is 0.261. The van der Waals surface area contributed by atoms with Crippen molar-refractivity contribution in [2.24, 2.45) is 5.73 Å². The molecule has 0 saturated heterocycles. The van der Waals surface area contributed by atoms with E-state index in [4.69, 9.17) is 10.7 Å². The summed E-state index contributed by atoms with van der Waals surface area (Å²) in [5.41, 5.74) is 10.5. The molecule has 4 aromatic rings. The van der Waals surface area contributed by atoms with Crippen LogP contribution >= 0.6 is 0 Å². The van der Waals surface area contributed by atoms with Gasteiger partial charge in [-0.15, -0.1) is 0 Å². The molecule has 0 aliphatic carbocycles. The van der Waals surface area contributed by atoms with Crippen LogP contribution in [-0.4, -0.2) is 22.6 Å². The molecule has 0 bridgehead atoms. The summed E-state index contributed by atoms with van der Waals surface area (Å²) >= 11 is 0. The third-order valence-electron chi connectivity index (χ3n) is 5.04. The summed E-state index contributed by atoms with van der Waals surface area (Å²) in [5.74, 6) is 0. The van der Waals surface area contributed by atoms with Crippen molar-refractivity contribution in [3.05, 3.63) is 78.1 Å². The lowest BCUT2D eigenvalue weighted by atomic mass is 10.1. The zero-order valence-corrected chi connectivity index (χ0v) is 15.6. The number of rotatable bonds is 8. The standard InChI is InChI=1S/C23H26N4/c24-13-6-7-14-25-16-21-23-20(12-15-26-21)19-10-4-5-11-22(19)27(23)17-18-8-2-1-3-9-18/h1-5,8-12,15,25H,6-7,13-14,16-17,24H2. The van der Waals surface area contributed by atoms with Crippen LogP contribution in [0.2, 0.25) is 0 Å². The van der Waals surface area contributed by atoms with E-state index in [1.807, 2.05) is 6.20 Å². The van der Waals surface area contributed by atoms with Crippen molar-refractivity contribution in [1.82, 2.24) is 14.9 Å². The van der Waals surface area contributed by atoms with Gasteiger partial charge in [0.2, 0.25) is 0 Å². The van der Waals surface area contributed by atoms with Crippen molar-refractivity contribution in [2.45, 2.75) is 25.9 Å². The number of nitrogens with one attached hydrogen (secondary N) is 1. The molecule has 0 spiro atoms. The topological polar surface area (TPSA) is 55.9 Å². The van der Waals surface area contributed by atoms with Crippen LogP contribution in [0.25, 0.3) is 21.8 Å². The Kier molecular flexibility index (Phi) is 5.47. The zero-order valence-electron chi connectivity index (χ0n) is 15.6. The van der Waals surface area contributed by atoms with Crippen molar-refractivity contribution >= 4 is 21.8 Å². The Hall–Kier alpha value is -2.69. The zero-order chi connectivity index (χ0) is 18.5. The highest BCUT2D eigenvalue weighted by Crippen LogP contribution is 2.31. The second kappa shape index (κ2) is 8.33. The summed E-state index contributed by atoms with van der Waals surface area (Å²) in [6.45, 7) is 3.33. The second-order valence-corrected chi connectivity index (χ2v) is 6.92. The molecule has 0 aliphatic rings. The molecule has 0 fully saturated rings. The monoisotopic (exact) mass is 358 g/mol. The van der Waals surface area contributed by atoms with Gasteiger partial charge >= 0.3 is 0 Å². The number of para-hydroxylation sites is 1. The molecule has 0 atom stereocenters. The molecule has 138 valence electrons. The third-order valence-corrected chi connectivity index (χ3v) is 5.04. The van der Waals surface area contributed by atoms with Gasteiger partial charge in [-0.05, 0) is 43.6 Å². The van der Waals surface area contributed by atoms with Crippen molar-refractivity contribution < 1.29 is 0 Å². The van der Waals surface area contributed by atoms with Gasteiger partial charge in [0.25, 0.3) is 0 Å². The Morgan fingerprint density at radius 2 is 1.70 bits per heavy atom. The van der Waals surface area contributed by atoms with Crippen LogP contribution in [0.1, 0.15) is 24.1 Å². The normalized spacial score (nSPS) is 11.4. The van der Waals surface area contributed by atoms with Crippen LogP contribution in [0.3, 0.4) is 0 Å². The van der Waals surface area contributed by atoms with E-state index < -0.39 is 0 Å². The summed E-state index contributed by atoms with van der Waals surface area (Å²) in [7, 11) is 0. The van der Waals surface area contributed by atoms with E-state index in [1.54, 1.807) is 0 Å². The first kappa shape index (κ1) is 17.7. The van der Waals surface area contributed by atoms with Crippen molar-refractivity contribution in [3.8, 4) is 0 Å². The maximum Gasteiger partial charge on any atom is 0.0784 e. The van der Waals surface area contributed by atoms with Gasteiger partial charge in [0.05, 0.1) is 11.2 Å². The first-order valence-corrected chi connectivity index (χ1v) is 9.68. The molecule has 0 radical (unpaired) electrons. The van der Waals surface area contributed by atoms with E-state index in [9.17, 15) is 0 Å². The molecule has 2 aromatic carbocycles. The highest BCUT2D eigenvalue weighted by atomic mass is 15.0. The van der Waals surface area contributed by atoms with Gasteiger partial charge in [-0.1, -0.05) is 48.5 Å². The average molecular weight is 358 g/mol. The van der Waals surface area contributed by atoms with Gasteiger partial charge in [0, 0.05) is 35.6 Å². The van der Waals surface area contributed by atoms with Gasteiger partial charge in [-0.2, -0.15) is 0 Å². The Labute approximate surface area is 160 Å². The predicted octanol–water partition coefficient (Wildman–Crippen LogP) is 4.07. The Bertz CT molecular complexity index is 1020. The smallest absolute Gasteiger partial charge is 0.0784 e. The van der Waals surface area contributed by atoms with Gasteiger partial charge in [0.15, 0.2) is 0 Å². The molecule has 4 heteroatoms. The number of aromatic nitrogens is 2. The van der Waals surface area contributed by atoms with E-state index in [0.717, 1.165) is 44.7 Å². The highest BCUT2D eigenvalue weighted by molar-refractivity contribution is 6.08. The molecule has 3 N–H and O–H groups in total. The Balaban J connectivity index is 1.76. The van der Waals surface area contributed by atoms with Crippen LogP contribution in [-0.2, 0) is 13.1 Å². The highest BCUT2D eigenvalue weighted by Gasteiger charge is 2.14. The minimum atomic E-state index is 0.751. The van der Waals surface area contributed by atoms with E-state index in [-0.39, 0.29) is 0 Å². The fourth-order valence-electron chi connectivity index (χ4n) is 3.73. The van der Waals surface area contributed by atoms with E-state index >= 15 is 0 Å². The summed E-state index contributed by atoms with van der Waals surface area (Å²) in [5, 5.41) is 6.09. The number of benzene rings is 2. The van der Waals surface area contributed by atoms with Crippen LogP contribution in [0.4, 0.5) is 0 Å². The third kappa shape index (κ3) is 3.72. The van der Waals surface area contributed by atoms with E-state index in [1.165, 1.54) is 27.4 Å². The Morgan fingerprint density at radius 1 is 0.889 bits per heavy atom. The molecule has 0 amide bonds. The van der Waals surface area contributed by atoms with Crippen molar-refractivity contribution in [1.29, 1.82) is 0 Å². The number of nitrogens with two attached hydrogens (primary N) is 1. The molecular weight excluding hydrogens is 332 g/mol. The molecule has 2 aromatic heterocycles. The number of nitrogens with zero attached hydrogens (tertiary/aromatic N) is 2. The van der Waals surface area contributed by atoms with Crippen LogP contribution in [0.5, 0.6) is 0 Å². The molecule has 27 heavy (non-hydrogen) atoms. The molecule has 4 nitrogen and oxygen atoms in total. The minimum Gasteiger partial charge on any atom is -0.334 e. The lowest BCUT2D eigenvalue weighted by Crippen LogP contribution is -2.17. The van der Waals surface area contributed by atoms with Crippen molar-refractivity contribution in [3.63, 3.8) is 0 Å². The first-order valence-electron chi connectivity index (χ1n) is 9.68. The maximum atomic E-state index is 5.59. The van der Waals surface area contributed by atoms with Gasteiger partial charge < -0.3 is 15.6 Å². The van der Waals surface area contributed by atoms with Gasteiger partial charge in [-0.3, -0.25) is 4.98 Å². The molecule has 0 aliphatic heterocycles. The van der Waals surface area contributed by atoms with Crippen LogP contribution in [0.15, 0.2) is 66.9 Å². The number of fused-ring (bicyclic) bond motifs is 3. The number of hydrogen-bond donors (Lipinski definition) is 2. The molecule has 0 unspecified atom stereocenters. The van der Waals surface area contributed by atoms with Gasteiger partial charge in [0.1, 0.15) is 0 Å². The van der Waals surface area contributed by atoms with E-state index in [2.05, 4.69) is 70.5 Å². The second-order valence-electron chi connectivity index (χ2n) is 6.92. The number of hydrogen-bond acceptors (Lipinski definition) is 3. The molecule has 4 rings (SSSR count). The van der Waals surface area contributed by atoms with Crippen LogP contribution < -0.4 is 11.1 Å². The molecule has 0 saturated carbocycles. The van der Waals surface area contributed by atoms with Crippen LogP contribution in [0, 0.1) is 0 Å². The quantitative estimate of drug-likeness (QED) is 0.467. The first-order chi connectivity index (χ1) is 13.4.